The minimum Gasteiger partial charge on any atom is -0.365 e. The van der Waals surface area contributed by atoms with Crippen molar-refractivity contribution in [2.45, 2.75) is 25.7 Å². The van der Waals surface area contributed by atoms with E-state index >= 15 is 0 Å². The highest BCUT2D eigenvalue weighted by Crippen LogP contribution is 2.17. The Bertz CT molecular complexity index is 231. The summed E-state index contributed by atoms with van der Waals surface area (Å²) in [6.45, 7) is 2.13. The summed E-state index contributed by atoms with van der Waals surface area (Å²) in [5, 5.41) is 8.35. The highest BCUT2D eigenvalue weighted by atomic mass is 14.7. The summed E-state index contributed by atoms with van der Waals surface area (Å²) in [5.41, 5.74) is 1.22. The Morgan fingerprint density at radius 3 is 3.09 bits per heavy atom. The van der Waals surface area contributed by atoms with Gasteiger partial charge < -0.3 is 4.98 Å². The number of H-pyrrole nitrogens is 1. The minimum atomic E-state index is 0.477. The smallest absolute Gasteiger partial charge is 0.0621 e. The van der Waals surface area contributed by atoms with Crippen LogP contribution in [0, 0.1) is 11.3 Å². The SMILES string of the molecule is CC(CCC#N)c1ccc[nH]1. The maximum absolute atomic E-state index is 8.35. The Balaban J connectivity index is 2.44. The van der Waals surface area contributed by atoms with Gasteiger partial charge in [0.2, 0.25) is 0 Å². The van der Waals surface area contributed by atoms with Crippen molar-refractivity contribution in [1.82, 2.24) is 4.98 Å². The van der Waals surface area contributed by atoms with Gasteiger partial charge in [0.15, 0.2) is 0 Å². The normalized spacial score (nSPS) is 12.4. The van der Waals surface area contributed by atoms with Crippen LogP contribution in [0.5, 0.6) is 0 Å². The zero-order valence-corrected chi connectivity index (χ0v) is 6.67. The second-order valence-electron chi connectivity index (χ2n) is 2.72. The van der Waals surface area contributed by atoms with Crippen LogP contribution in [0.15, 0.2) is 18.3 Å². The van der Waals surface area contributed by atoms with Gasteiger partial charge >= 0.3 is 0 Å². The summed E-state index contributed by atoms with van der Waals surface area (Å²) in [5.74, 6) is 0.477. The van der Waals surface area contributed by atoms with Crippen molar-refractivity contribution in [2.75, 3.05) is 0 Å². The van der Waals surface area contributed by atoms with Crippen molar-refractivity contribution in [3.63, 3.8) is 0 Å². The van der Waals surface area contributed by atoms with Gasteiger partial charge in [0.1, 0.15) is 0 Å². The van der Waals surface area contributed by atoms with Gasteiger partial charge in [-0.05, 0) is 24.5 Å². The molecule has 0 bridgehead atoms. The van der Waals surface area contributed by atoms with Crippen molar-refractivity contribution in [3.05, 3.63) is 24.0 Å². The van der Waals surface area contributed by atoms with Crippen molar-refractivity contribution in [3.8, 4) is 6.07 Å². The van der Waals surface area contributed by atoms with Crippen LogP contribution in [-0.2, 0) is 0 Å². The molecule has 1 N–H and O–H groups in total. The number of hydrogen-bond donors (Lipinski definition) is 1. The molecule has 0 saturated carbocycles. The van der Waals surface area contributed by atoms with E-state index in [9.17, 15) is 0 Å². The fourth-order valence-electron chi connectivity index (χ4n) is 1.09. The number of aromatic nitrogens is 1. The van der Waals surface area contributed by atoms with E-state index in [4.69, 9.17) is 5.26 Å². The fourth-order valence-corrected chi connectivity index (χ4v) is 1.09. The Labute approximate surface area is 66.9 Å². The molecule has 1 unspecified atom stereocenters. The zero-order chi connectivity index (χ0) is 8.10. The van der Waals surface area contributed by atoms with Crippen molar-refractivity contribution in [2.24, 2.45) is 0 Å². The quantitative estimate of drug-likeness (QED) is 0.702. The molecule has 2 heteroatoms. The summed E-state index contributed by atoms with van der Waals surface area (Å²) < 4.78 is 0. The molecule has 0 aromatic carbocycles. The summed E-state index contributed by atoms with van der Waals surface area (Å²) in [4.78, 5) is 3.14. The standard InChI is InChI=1S/C9H12N2/c1-8(4-2-6-10)9-5-3-7-11-9/h3,5,7-8,11H,2,4H2,1H3. The highest BCUT2D eigenvalue weighted by molar-refractivity contribution is 5.08. The molecule has 0 aliphatic carbocycles. The van der Waals surface area contributed by atoms with Gasteiger partial charge in [-0.2, -0.15) is 5.26 Å². The Morgan fingerprint density at radius 2 is 2.55 bits per heavy atom. The molecule has 11 heavy (non-hydrogen) atoms. The minimum absolute atomic E-state index is 0.477. The van der Waals surface area contributed by atoms with Gasteiger partial charge in [0, 0.05) is 18.3 Å². The molecule has 0 spiro atoms. The van der Waals surface area contributed by atoms with Gasteiger partial charge in [-0.25, -0.2) is 0 Å². The summed E-state index contributed by atoms with van der Waals surface area (Å²) >= 11 is 0. The van der Waals surface area contributed by atoms with E-state index in [0.717, 1.165) is 6.42 Å². The van der Waals surface area contributed by atoms with Gasteiger partial charge in [-0.3, -0.25) is 0 Å². The summed E-state index contributed by atoms with van der Waals surface area (Å²) in [7, 11) is 0. The fraction of sp³-hybridized carbons (Fsp3) is 0.444. The number of nitrogens with zero attached hydrogens (tertiary/aromatic N) is 1. The second kappa shape index (κ2) is 3.82. The molecular weight excluding hydrogens is 136 g/mol. The van der Waals surface area contributed by atoms with E-state index < -0.39 is 0 Å². The molecular formula is C9H12N2. The number of nitriles is 1. The van der Waals surface area contributed by atoms with Crippen molar-refractivity contribution >= 4 is 0 Å². The predicted molar refractivity (Wildman–Crippen MR) is 44.1 cm³/mol. The third kappa shape index (κ3) is 2.12. The molecule has 0 amide bonds. The van der Waals surface area contributed by atoms with Gasteiger partial charge in [-0.1, -0.05) is 6.92 Å². The first-order valence-electron chi connectivity index (χ1n) is 3.85. The van der Waals surface area contributed by atoms with Crippen LogP contribution < -0.4 is 0 Å². The molecule has 0 aliphatic heterocycles. The number of aromatic amines is 1. The second-order valence-corrected chi connectivity index (χ2v) is 2.72. The molecule has 1 heterocycles. The van der Waals surface area contributed by atoms with Crippen LogP contribution in [0.4, 0.5) is 0 Å². The first-order chi connectivity index (χ1) is 5.34. The first kappa shape index (κ1) is 7.87. The van der Waals surface area contributed by atoms with Gasteiger partial charge in [-0.15, -0.1) is 0 Å². The van der Waals surface area contributed by atoms with Crippen molar-refractivity contribution < 1.29 is 0 Å². The molecule has 1 aromatic rings. The topological polar surface area (TPSA) is 39.6 Å². The van der Waals surface area contributed by atoms with Gasteiger partial charge in [0.25, 0.3) is 0 Å². The van der Waals surface area contributed by atoms with E-state index in [1.54, 1.807) is 0 Å². The molecule has 1 rings (SSSR count). The molecule has 0 fully saturated rings. The lowest BCUT2D eigenvalue weighted by molar-refractivity contribution is 0.679. The lowest BCUT2D eigenvalue weighted by Gasteiger charge is -2.05. The lowest BCUT2D eigenvalue weighted by Crippen LogP contribution is -1.92. The van der Waals surface area contributed by atoms with Crippen LogP contribution >= 0.6 is 0 Å². The Morgan fingerprint density at radius 1 is 1.73 bits per heavy atom. The highest BCUT2D eigenvalue weighted by Gasteiger charge is 2.03. The average molecular weight is 148 g/mol. The van der Waals surface area contributed by atoms with Crippen LogP contribution in [0.3, 0.4) is 0 Å². The summed E-state index contributed by atoms with van der Waals surface area (Å²) in [6, 6.07) is 6.19. The van der Waals surface area contributed by atoms with Crippen LogP contribution in [-0.4, -0.2) is 4.98 Å². The van der Waals surface area contributed by atoms with E-state index in [0.29, 0.717) is 12.3 Å². The zero-order valence-electron chi connectivity index (χ0n) is 6.67. The maximum Gasteiger partial charge on any atom is 0.0621 e. The van der Waals surface area contributed by atoms with E-state index in [1.165, 1.54) is 5.69 Å². The molecule has 0 radical (unpaired) electrons. The maximum atomic E-state index is 8.35. The van der Waals surface area contributed by atoms with Crippen LogP contribution in [0.1, 0.15) is 31.4 Å². The van der Waals surface area contributed by atoms with E-state index in [2.05, 4.69) is 24.0 Å². The molecule has 58 valence electrons. The molecule has 1 aromatic heterocycles. The monoisotopic (exact) mass is 148 g/mol. The van der Waals surface area contributed by atoms with Crippen molar-refractivity contribution in [1.29, 1.82) is 5.26 Å². The van der Waals surface area contributed by atoms with Crippen LogP contribution in [0.25, 0.3) is 0 Å². The van der Waals surface area contributed by atoms with Crippen LogP contribution in [0.2, 0.25) is 0 Å². The lowest BCUT2D eigenvalue weighted by atomic mass is 10.0. The van der Waals surface area contributed by atoms with Gasteiger partial charge in [0.05, 0.1) is 6.07 Å². The summed E-state index contributed by atoms with van der Waals surface area (Å²) in [6.07, 6.45) is 3.50. The number of hydrogen-bond acceptors (Lipinski definition) is 1. The first-order valence-corrected chi connectivity index (χ1v) is 3.85. The number of nitrogens with one attached hydrogen (secondary N) is 1. The Kier molecular flexibility index (Phi) is 2.74. The molecule has 2 nitrogen and oxygen atoms in total. The third-order valence-electron chi connectivity index (χ3n) is 1.84. The third-order valence-corrected chi connectivity index (χ3v) is 1.84. The molecule has 0 saturated heterocycles. The Hall–Kier alpha value is -1.23. The van der Waals surface area contributed by atoms with E-state index in [1.807, 2.05) is 12.3 Å². The largest absolute Gasteiger partial charge is 0.365 e. The molecule has 1 atom stereocenters. The molecule has 0 aliphatic rings. The number of rotatable bonds is 3. The van der Waals surface area contributed by atoms with E-state index in [-0.39, 0.29) is 0 Å². The predicted octanol–water partition coefficient (Wildman–Crippen LogP) is 2.42. The average Bonchev–Trinajstić information content (AvgIpc) is 2.52.